The molecule has 2 fully saturated rings. The fourth-order valence-corrected chi connectivity index (χ4v) is 5.68. The highest BCUT2D eigenvalue weighted by Gasteiger charge is 2.26. The highest BCUT2D eigenvalue weighted by Crippen LogP contribution is 2.31. The lowest BCUT2D eigenvalue weighted by atomic mass is 9.91. The average molecular weight is 604 g/mol. The Morgan fingerprint density at radius 3 is 2.05 bits per heavy atom. The summed E-state index contributed by atoms with van der Waals surface area (Å²) in [6.07, 6.45) is 3.39. The van der Waals surface area contributed by atoms with Crippen LogP contribution in [-0.4, -0.2) is 75.1 Å². The first kappa shape index (κ1) is 30.8. The maximum Gasteiger partial charge on any atom is 0.255 e. The summed E-state index contributed by atoms with van der Waals surface area (Å²) in [6, 6.07) is 15.9. The smallest absolute Gasteiger partial charge is 0.255 e. The van der Waals surface area contributed by atoms with E-state index in [0.29, 0.717) is 60.1 Å². The van der Waals surface area contributed by atoms with Crippen LogP contribution in [0.5, 0.6) is 11.5 Å². The Balaban J connectivity index is 1.36. The molecule has 0 bridgehead atoms. The second-order valence-corrected chi connectivity index (χ2v) is 11.1. The molecule has 3 aromatic rings. The first-order chi connectivity index (χ1) is 21.2. The second kappa shape index (κ2) is 13.8. The lowest BCUT2D eigenvalue weighted by Gasteiger charge is -2.37. The number of nitrogens with zero attached hydrogens (tertiary/aromatic N) is 2. The summed E-state index contributed by atoms with van der Waals surface area (Å²) in [5.74, 6) is -0.233. The third-order valence-corrected chi connectivity index (χ3v) is 8.26. The van der Waals surface area contributed by atoms with E-state index in [2.05, 4.69) is 15.5 Å². The minimum absolute atomic E-state index is 0.0542. The third kappa shape index (κ3) is 7.11. The van der Waals surface area contributed by atoms with Crippen LogP contribution in [0.15, 0.2) is 60.7 Å². The fourth-order valence-electron chi connectivity index (χ4n) is 5.68. The van der Waals surface area contributed by atoms with Crippen molar-refractivity contribution in [2.24, 2.45) is 5.73 Å². The predicted molar refractivity (Wildman–Crippen MR) is 166 cm³/mol. The first-order valence-electron chi connectivity index (χ1n) is 14.8. The molecule has 0 unspecified atom stereocenters. The lowest BCUT2D eigenvalue weighted by Crippen LogP contribution is -2.49. The van der Waals surface area contributed by atoms with Gasteiger partial charge in [-0.25, -0.2) is 4.39 Å². The van der Waals surface area contributed by atoms with Gasteiger partial charge in [0.25, 0.3) is 17.7 Å². The summed E-state index contributed by atoms with van der Waals surface area (Å²) in [4.78, 5) is 43.5. The molecule has 1 saturated heterocycles. The largest absolute Gasteiger partial charge is 0.493 e. The van der Waals surface area contributed by atoms with E-state index < -0.39 is 5.82 Å². The van der Waals surface area contributed by atoms with Crippen molar-refractivity contribution >= 4 is 29.1 Å². The number of hydrogen-bond acceptors (Lipinski definition) is 7. The van der Waals surface area contributed by atoms with Gasteiger partial charge in [-0.15, -0.1) is 0 Å². The molecule has 1 saturated carbocycles. The number of methoxy groups -OCH3 is 2. The van der Waals surface area contributed by atoms with E-state index in [0.717, 1.165) is 31.4 Å². The van der Waals surface area contributed by atoms with Crippen LogP contribution in [0.1, 0.15) is 56.8 Å². The Morgan fingerprint density at radius 1 is 0.773 bits per heavy atom. The van der Waals surface area contributed by atoms with Crippen molar-refractivity contribution in [2.45, 2.75) is 37.8 Å². The monoisotopic (exact) mass is 603 g/mol. The number of carbonyl (C=O) groups excluding carboxylic acids is 3. The molecule has 232 valence electrons. The number of hydrogen-bond donors (Lipinski definition) is 3. The number of benzene rings is 3. The van der Waals surface area contributed by atoms with Crippen LogP contribution >= 0.6 is 0 Å². The van der Waals surface area contributed by atoms with Gasteiger partial charge in [0.1, 0.15) is 5.82 Å². The molecule has 1 aliphatic heterocycles. The van der Waals surface area contributed by atoms with Gasteiger partial charge in [-0.2, -0.15) is 0 Å². The minimum atomic E-state index is -0.394. The van der Waals surface area contributed by atoms with E-state index in [4.69, 9.17) is 15.2 Å². The number of nitrogens with two attached hydrogens (primary N) is 1. The van der Waals surface area contributed by atoms with Crippen LogP contribution in [0.4, 0.5) is 15.8 Å². The Bertz CT molecular complexity index is 1500. The summed E-state index contributed by atoms with van der Waals surface area (Å²) in [5.41, 5.74) is 8.44. The Kier molecular flexibility index (Phi) is 9.64. The second-order valence-electron chi connectivity index (χ2n) is 11.1. The minimum Gasteiger partial charge on any atom is -0.493 e. The summed E-state index contributed by atoms with van der Waals surface area (Å²) in [6.45, 7) is 1.87. The average Bonchev–Trinajstić information content (AvgIpc) is 3.05. The summed E-state index contributed by atoms with van der Waals surface area (Å²) in [5, 5.41) is 6.11. The summed E-state index contributed by atoms with van der Waals surface area (Å²) in [7, 11) is 3.02. The third-order valence-electron chi connectivity index (χ3n) is 8.26. The molecule has 11 heteroatoms. The molecule has 0 atom stereocenters. The maximum atomic E-state index is 13.4. The highest BCUT2D eigenvalue weighted by molar-refractivity contribution is 6.07. The zero-order chi connectivity index (χ0) is 31.2. The number of amides is 3. The zero-order valence-electron chi connectivity index (χ0n) is 25.0. The van der Waals surface area contributed by atoms with E-state index in [1.807, 2.05) is 6.07 Å². The topological polar surface area (TPSA) is 126 Å². The Hall–Kier alpha value is -4.64. The molecule has 0 spiro atoms. The van der Waals surface area contributed by atoms with Gasteiger partial charge in [0, 0.05) is 55.0 Å². The number of ether oxygens (including phenoxy) is 2. The molecule has 4 N–H and O–H groups in total. The molecule has 44 heavy (non-hydrogen) atoms. The molecule has 0 radical (unpaired) electrons. The van der Waals surface area contributed by atoms with E-state index in [1.54, 1.807) is 35.2 Å². The lowest BCUT2D eigenvalue weighted by molar-refractivity contribution is 0.0746. The number of carbonyl (C=O) groups is 3. The van der Waals surface area contributed by atoms with Gasteiger partial charge in [0.2, 0.25) is 0 Å². The molecular formula is C33H38FN5O5. The predicted octanol–water partition coefficient (Wildman–Crippen LogP) is 4.06. The van der Waals surface area contributed by atoms with Crippen molar-refractivity contribution in [3.05, 3.63) is 83.2 Å². The van der Waals surface area contributed by atoms with Crippen molar-refractivity contribution in [3.8, 4) is 11.5 Å². The van der Waals surface area contributed by atoms with Crippen LogP contribution < -0.4 is 30.7 Å². The fraction of sp³-hybridized carbons (Fsp3) is 0.364. The van der Waals surface area contributed by atoms with E-state index in [9.17, 15) is 18.8 Å². The van der Waals surface area contributed by atoms with Gasteiger partial charge in [-0.1, -0.05) is 0 Å². The quantitative estimate of drug-likeness (QED) is 0.355. The van der Waals surface area contributed by atoms with Gasteiger partial charge in [-0.05, 0) is 86.3 Å². The van der Waals surface area contributed by atoms with Crippen LogP contribution in [0.3, 0.4) is 0 Å². The SMILES string of the molecule is COc1ccc(C(=O)Nc2cc(C(=O)NC3CCC(N)CC3)ccc2N2CCN(C(=O)c3ccc(F)cc3)CC2)cc1OC. The number of anilines is 2. The highest BCUT2D eigenvalue weighted by atomic mass is 19.1. The summed E-state index contributed by atoms with van der Waals surface area (Å²) >= 11 is 0. The Labute approximate surface area is 256 Å². The van der Waals surface area contributed by atoms with Crippen molar-refractivity contribution in [1.29, 1.82) is 0 Å². The number of halogens is 1. The molecule has 0 aromatic heterocycles. The van der Waals surface area contributed by atoms with Crippen LogP contribution in [0.25, 0.3) is 0 Å². The van der Waals surface area contributed by atoms with Crippen LogP contribution in [-0.2, 0) is 0 Å². The number of rotatable bonds is 8. The molecule has 2 aliphatic rings. The normalized spacial score (nSPS) is 18.4. The van der Waals surface area contributed by atoms with Gasteiger partial charge in [0.05, 0.1) is 25.6 Å². The van der Waals surface area contributed by atoms with Crippen molar-refractivity contribution in [1.82, 2.24) is 10.2 Å². The van der Waals surface area contributed by atoms with Gasteiger partial charge < -0.3 is 35.6 Å². The first-order valence-corrected chi connectivity index (χ1v) is 14.8. The van der Waals surface area contributed by atoms with E-state index >= 15 is 0 Å². The van der Waals surface area contributed by atoms with Gasteiger partial charge in [-0.3, -0.25) is 14.4 Å². The standard InChI is InChI=1S/C33H38FN5O5/c1-43-29-14-6-23(20-30(29)44-2)32(41)37-27-19-22(31(40)36-26-11-9-25(35)10-12-26)5-13-28(27)38-15-17-39(18-16-38)33(42)21-3-7-24(34)8-4-21/h3-8,13-14,19-20,25-26H,9-12,15-18,35H2,1-2H3,(H,36,40)(H,37,41). The summed E-state index contributed by atoms with van der Waals surface area (Å²) < 4.78 is 24.0. The van der Waals surface area contributed by atoms with Gasteiger partial charge >= 0.3 is 0 Å². The molecule has 5 rings (SSSR count). The maximum absolute atomic E-state index is 13.4. The van der Waals surface area contributed by atoms with Gasteiger partial charge in [0.15, 0.2) is 11.5 Å². The van der Waals surface area contributed by atoms with E-state index in [1.165, 1.54) is 38.5 Å². The van der Waals surface area contributed by atoms with Crippen molar-refractivity contribution in [3.63, 3.8) is 0 Å². The van der Waals surface area contributed by atoms with E-state index in [-0.39, 0.29) is 29.8 Å². The Morgan fingerprint density at radius 2 is 1.39 bits per heavy atom. The molecule has 10 nitrogen and oxygen atoms in total. The molecule has 3 amide bonds. The van der Waals surface area contributed by atoms with Crippen LogP contribution in [0, 0.1) is 5.82 Å². The molecule has 1 heterocycles. The number of piperazine rings is 1. The van der Waals surface area contributed by atoms with Crippen molar-refractivity contribution < 1.29 is 28.2 Å². The zero-order valence-corrected chi connectivity index (χ0v) is 25.0. The molecule has 3 aromatic carbocycles. The molecule has 1 aliphatic carbocycles. The number of nitrogens with one attached hydrogen (secondary N) is 2. The van der Waals surface area contributed by atoms with Crippen LogP contribution in [0.2, 0.25) is 0 Å². The molecular weight excluding hydrogens is 565 g/mol. The van der Waals surface area contributed by atoms with Crippen molar-refractivity contribution in [2.75, 3.05) is 50.6 Å².